The zero-order valence-corrected chi connectivity index (χ0v) is 13.4. The van der Waals surface area contributed by atoms with Gasteiger partial charge in [0, 0.05) is 11.8 Å². The zero-order chi connectivity index (χ0) is 17.9. The van der Waals surface area contributed by atoms with E-state index in [1.165, 1.54) is 43.4 Å². The number of carbonyl (C=O) groups is 2. The molecule has 0 unspecified atom stereocenters. The van der Waals surface area contributed by atoms with Crippen molar-refractivity contribution >= 4 is 17.6 Å². The Bertz CT molecular complexity index is 779. The number of hydrogen-bond donors (Lipinski definition) is 1. The number of rotatable bonds is 3. The molecule has 126 valence electrons. The van der Waals surface area contributed by atoms with E-state index in [-0.39, 0.29) is 28.3 Å². The summed E-state index contributed by atoms with van der Waals surface area (Å²) in [5.74, 6) is -2.51. The molecule has 0 saturated carbocycles. The van der Waals surface area contributed by atoms with Gasteiger partial charge >= 0.3 is 11.9 Å². The standard InChI is InChI=1S/C17H16FNO5/c1-10-12(18)7-8-13(15(10)20)19-9-5-4-6-11(16(21)23-2)14(19)17(22)24-3/h4-9,20H,1-3H3. The Balaban J connectivity index is 2.73. The maximum atomic E-state index is 13.6. The molecule has 1 N–H and O–H groups in total. The van der Waals surface area contributed by atoms with E-state index in [9.17, 15) is 19.1 Å². The lowest BCUT2D eigenvalue weighted by Gasteiger charge is -2.24. The quantitative estimate of drug-likeness (QED) is 0.856. The lowest BCUT2D eigenvalue weighted by atomic mass is 10.1. The number of phenols is 1. The summed E-state index contributed by atoms with van der Waals surface area (Å²) < 4.78 is 23.0. The Labute approximate surface area is 138 Å². The van der Waals surface area contributed by atoms with Gasteiger partial charge < -0.3 is 19.5 Å². The van der Waals surface area contributed by atoms with Crippen molar-refractivity contribution in [2.75, 3.05) is 19.1 Å². The highest BCUT2D eigenvalue weighted by Crippen LogP contribution is 2.36. The van der Waals surface area contributed by atoms with E-state index >= 15 is 0 Å². The number of anilines is 1. The predicted octanol–water partition coefficient (Wildman–Crippen LogP) is 2.33. The van der Waals surface area contributed by atoms with Crippen LogP contribution in [0.3, 0.4) is 0 Å². The number of nitrogens with zero attached hydrogens (tertiary/aromatic N) is 1. The fourth-order valence-corrected chi connectivity index (χ4v) is 2.21. The van der Waals surface area contributed by atoms with E-state index in [0.717, 1.165) is 13.2 Å². The van der Waals surface area contributed by atoms with E-state index < -0.39 is 17.8 Å². The molecule has 0 spiro atoms. The van der Waals surface area contributed by atoms with Crippen LogP contribution in [-0.4, -0.2) is 31.3 Å². The summed E-state index contributed by atoms with van der Waals surface area (Å²) in [4.78, 5) is 25.5. The summed E-state index contributed by atoms with van der Waals surface area (Å²) in [6, 6.07) is 2.45. The van der Waals surface area contributed by atoms with E-state index in [1.807, 2.05) is 0 Å². The average Bonchev–Trinajstić information content (AvgIpc) is 2.81. The summed E-state index contributed by atoms with van der Waals surface area (Å²) in [6.45, 7) is 1.40. The monoisotopic (exact) mass is 333 g/mol. The molecule has 0 bridgehead atoms. The largest absolute Gasteiger partial charge is 0.505 e. The SMILES string of the molecule is COC(=O)C1=C(C(=O)OC)N(c2ccc(F)c(C)c2O)C=CC=C1. The number of halogens is 1. The van der Waals surface area contributed by atoms with Crippen LogP contribution in [0.2, 0.25) is 0 Å². The number of allylic oxidation sites excluding steroid dienone is 2. The second-order valence-electron chi connectivity index (χ2n) is 4.86. The van der Waals surface area contributed by atoms with Crippen molar-refractivity contribution in [2.45, 2.75) is 6.92 Å². The van der Waals surface area contributed by atoms with Crippen molar-refractivity contribution in [3.05, 3.63) is 59.2 Å². The Morgan fingerprint density at radius 1 is 1.12 bits per heavy atom. The minimum absolute atomic E-state index is 0.0157. The van der Waals surface area contributed by atoms with Crippen LogP contribution in [0.25, 0.3) is 0 Å². The van der Waals surface area contributed by atoms with E-state index in [4.69, 9.17) is 9.47 Å². The lowest BCUT2D eigenvalue weighted by molar-refractivity contribution is -0.139. The third kappa shape index (κ3) is 3.01. The number of ether oxygens (including phenoxy) is 2. The molecule has 0 atom stereocenters. The van der Waals surface area contributed by atoms with Crippen molar-refractivity contribution in [2.24, 2.45) is 0 Å². The lowest BCUT2D eigenvalue weighted by Crippen LogP contribution is -2.27. The number of benzene rings is 1. The molecule has 1 aliphatic rings. The van der Waals surface area contributed by atoms with Crippen molar-refractivity contribution in [3.8, 4) is 5.75 Å². The second kappa shape index (κ2) is 6.99. The normalized spacial score (nSPS) is 13.8. The molecule has 0 radical (unpaired) electrons. The fourth-order valence-electron chi connectivity index (χ4n) is 2.21. The summed E-state index contributed by atoms with van der Waals surface area (Å²) in [6.07, 6.45) is 5.92. The number of hydrogen-bond acceptors (Lipinski definition) is 6. The zero-order valence-electron chi connectivity index (χ0n) is 13.4. The van der Waals surface area contributed by atoms with E-state index in [1.54, 1.807) is 6.08 Å². The van der Waals surface area contributed by atoms with Crippen LogP contribution >= 0.6 is 0 Å². The molecule has 24 heavy (non-hydrogen) atoms. The van der Waals surface area contributed by atoms with Gasteiger partial charge in [-0.15, -0.1) is 0 Å². The molecular weight excluding hydrogens is 317 g/mol. The van der Waals surface area contributed by atoms with Gasteiger partial charge in [0.2, 0.25) is 0 Å². The summed E-state index contributed by atoms with van der Waals surface area (Å²) >= 11 is 0. The maximum Gasteiger partial charge on any atom is 0.355 e. The molecule has 1 aliphatic heterocycles. The van der Waals surface area contributed by atoms with Crippen LogP contribution in [0.4, 0.5) is 10.1 Å². The van der Waals surface area contributed by atoms with Gasteiger partial charge in [-0.1, -0.05) is 6.08 Å². The van der Waals surface area contributed by atoms with Crippen molar-refractivity contribution in [1.29, 1.82) is 0 Å². The average molecular weight is 333 g/mol. The smallest absolute Gasteiger partial charge is 0.355 e. The first kappa shape index (κ1) is 17.3. The highest BCUT2D eigenvalue weighted by atomic mass is 19.1. The van der Waals surface area contributed by atoms with Gasteiger partial charge in [-0.3, -0.25) is 0 Å². The van der Waals surface area contributed by atoms with E-state index in [0.29, 0.717) is 0 Å². The highest BCUT2D eigenvalue weighted by molar-refractivity contribution is 6.05. The van der Waals surface area contributed by atoms with Crippen molar-refractivity contribution in [1.82, 2.24) is 0 Å². The Morgan fingerprint density at radius 2 is 1.79 bits per heavy atom. The number of aromatic hydroxyl groups is 1. The molecule has 1 aromatic carbocycles. The summed E-state index contributed by atoms with van der Waals surface area (Å²) in [5, 5.41) is 10.2. The molecule has 0 aliphatic carbocycles. The van der Waals surface area contributed by atoms with Crippen LogP contribution in [0.15, 0.2) is 47.8 Å². The summed E-state index contributed by atoms with van der Waals surface area (Å²) in [5.41, 5.74) is -0.0796. The van der Waals surface area contributed by atoms with E-state index in [2.05, 4.69) is 0 Å². The molecule has 2 rings (SSSR count). The van der Waals surface area contributed by atoms with Crippen LogP contribution in [-0.2, 0) is 19.1 Å². The van der Waals surface area contributed by atoms with Crippen LogP contribution in [0, 0.1) is 12.7 Å². The van der Waals surface area contributed by atoms with Crippen LogP contribution in [0.5, 0.6) is 5.75 Å². The van der Waals surface area contributed by atoms with Crippen LogP contribution in [0.1, 0.15) is 5.56 Å². The molecule has 1 aromatic rings. The minimum Gasteiger partial charge on any atom is -0.505 e. The molecule has 0 aromatic heterocycles. The molecule has 0 amide bonds. The Hall–Kier alpha value is -3.09. The minimum atomic E-state index is -0.812. The first-order valence-electron chi connectivity index (χ1n) is 6.95. The highest BCUT2D eigenvalue weighted by Gasteiger charge is 2.29. The first-order chi connectivity index (χ1) is 11.4. The molecule has 0 fully saturated rings. The first-order valence-corrected chi connectivity index (χ1v) is 6.95. The molecule has 0 saturated heterocycles. The predicted molar refractivity (Wildman–Crippen MR) is 84.6 cm³/mol. The third-order valence-corrected chi connectivity index (χ3v) is 3.49. The van der Waals surface area contributed by atoms with Gasteiger partial charge in [-0.2, -0.15) is 0 Å². The molecule has 6 nitrogen and oxygen atoms in total. The van der Waals surface area contributed by atoms with Gasteiger partial charge in [0.15, 0.2) is 0 Å². The van der Waals surface area contributed by atoms with Gasteiger partial charge in [0.25, 0.3) is 0 Å². The number of carbonyl (C=O) groups excluding carboxylic acids is 2. The van der Waals surface area contributed by atoms with Crippen molar-refractivity contribution < 1.29 is 28.6 Å². The fraction of sp³-hybridized carbons (Fsp3) is 0.176. The van der Waals surface area contributed by atoms with Gasteiger partial charge in [0.05, 0.1) is 25.5 Å². The number of phenolic OH excluding ortho intramolecular Hbond substituents is 1. The van der Waals surface area contributed by atoms with Gasteiger partial charge in [-0.05, 0) is 31.2 Å². The molecule has 7 heteroatoms. The summed E-state index contributed by atoms with van der Waals surface area (Å²) in [7, 11) is 2.34. The topological polar surface area (TPSA) is 76.1 Å². The number of esters is 2. The molecular formula is C17H16FNO5. The van der Waals surface area contributed by atoms with Gasteiger partial charge in [0.1, 0.15) is 17.3 Å². The maximum absolute atomic E-state index is 13.6. The molecule has 1 heterocycles. The second-order valence-corrected chi connectivity index (χ2v) is 4.86. The van der Waals surface area contributed by atoms with Crippen LogP contribution < -0.4 is 4.90 Å². The Kier molecular flexibility index (Phi) is 5.03. The third-order valence-electron chi connectivity index (χ3n) is 3.49. The van der Waals surface area contributed by atoms with Crippen molar-refractivity contribution in [3.63, 3.8) is 0 Å². The van der Waals surface area contributed by atoms with Gasteiger partial charge in [-0.25, -0.2) is 14.0 Å². The number of methoxy groups -OCH3 is 2. The Morgan fingerprint density at radius 3 is 2.42 bits per heavy atom.